The average molecular weight is 384 g/mol. The molecule has 5 nitrogen and oxygen atoms in total. The standard InChI is InChI=1S/C12H16BrClN2O3S/c13-11-6-10(3-4-12(11)14)15-20(18,19)16-5-1-2-9(7-16)8-17/h3-4,6,9,15,17H,1-2,5,7-8H2. The lowest BCUT2D eigenvalue weighted by molar-refractivity contribution is 0.166. The molecule has 0 saturated carbocycles. The number of aliphatic hydroxyl groups excluding tert-OH is 1. The molecule has 0 aromatic heterocycles. The molecule has 0 amide bonds. The summed E-state index contributed by atoms with van der Waals surface area (Å²) >= 11 is 9.13. The Morgan fingerprint density at radius 3 is 2.90 bits per heavy atom. The van der Waals surface area contributed by atoms with Crippen LogP contribution in [0.5, 0.6) is 0 Å². The molecule has 1 aromatic carbocycles. The SMILES string of the molecule is O=S(=O)(Nc1ccc(Cl)c(Br)c1)N1CCCC(CO)C1. The van der Waals surface area contributed by atoms with E-state index in [2.05, 4.69) is 20.7 Å². The quantitative estimate of drug-likeness (QED) is 0.839. The fourth-order valence-corrected chi connectivity index (χ4v) is 3.99. The number of piperidine rings is 1. The van der Waals surface area contributed by atoms with Gasteiger partial charge in [0.05, 0.1) is 10.7 Å². The van der Waals surface area contributed by atoms with Crippen molar-refractivity contribution >= 4 is 43.4 Å². The van der Waals surface area contributed by atoms with E-state index in [0.717, 1.165) is 12.8 Å². The molecule has 2 rings (SSSR count). The Bertz CT molecular complexity index is 582. The van der Waals surface area contributed by atoms with Crippen LogP contribution in [0.1, 0.15) is 12.8 Å². The summed E-state index contributed by atoms with van der Waals surface area (Å²) in [5, 5.41) is 9.69. The van der Waals surface area contributed by atoms with Gasteiger partial charge in [-0.2, -0.15) is 12.7 Å². The average Bonchev–Trinajstić information content (AvgIpc) is 2.43. The first-order valence-electron chi connectivity index (χ1n) is 6.26. The Morgan fingerprint density at radius 1 is 1.50 bits per heavy atom. The van der Waals surface area contributed by atoms with E-state index < -0.39 is 10.2 Å². The van der Waals surface area contributed by atoms with Crippen LogP contribution in [-0.4, -0.2) is 37.5 Å². The second-order valence-electron chi connectivity index (χ2n) is 4.78. The smallest absolute Gasteiger partial charge is 0.301 e. The molecule has 0 radical (unpaired) electrons. The zero-order valence-electron chi connectivity index (χ0n) is 10.7. The number of hydrogen-bond donors (Lipinski definition) is 2. The van der Waals surface area contributed by atoms with Gasteiger partial charge in [-0.25, -0.2) is 0 Å². The Kier molecular flexibility index (Phi) is 5.30. The van der Waals surface area contributed by atoms with Crippen LogP contribution >= 0.6 is 27.5 Å². The van der Waals surface area contributed by atoms with Crippen LogP contribution in [0.15, 0.2) is 22.7 Å². The third-order valence-electron chi connectivity index (χ3n) is 3.25. The monoisotopic (exact) mass is 382 g/mol. The molecule has 112 valence electrons. The number of halogens is 2. The summed E-state index contributed by atoms with van der Waals surface area (Å²) in [5.74, 6) is 0.0114. The molecule has 1 aromatic rings. The Balaban J connectivity index is 2.12. The maximum Gasteiger partial charge on any atom is 0.301 e. The van der Waals surface area contributed by atoms with Crippen LogP contribution < -0.4 is 4.72 Å². The van der Waals surface area contributed by atoms with Crippen LogP contribution in [0.4, 0.5) is 5.69 Å². The van der Waals surface area contributed by atoms with Gasteiger partial charge >= 0.3 is 10.2 Å². The van der Waals surface area contributed by atoms with Crippen molar-refractivity contribution in [3.63, 3.8) is 0 Å². The van der Waals surface area contributed by atoms with Gasteiger partial charge in [-0.1, -0.05) is 11.6 Å². The van der Waals surface area contributed by atoms with E-state index in [-0.39, 0.29) is 12.5 Å². The predicted molar refractivity (Wildman–Crippen MR) is 83.1 cm³/mol. The maximum atomic E-state index is 12.3. The second-order valence-corrected chi connectivity index (χ2v) is 7.72. The number of hydrogen-bond acceptors (Lipinski definition) is 3. The minimum Gasteiger partial charge on any atom is -0.396 e. The summed E-state index contributed by atoms with van der Waals surface area (Å²) in [7, 11) is -3.60. The Hall–Kier alpha value is -0.340. The molecule has 20 heavy (non-hydrogen) atoms. The summed E-state index contributed by atoms with van der Waals surface area (Å²) < 4.78 is 29.1. The van der Waals surface area contributed by atoms with E-state index in [0.29, 0.717) is 28.3 Å². The molecule has 1 heterocycles. The zero-order valence-corrected chi connectivity index (χ0v) is 13.9. The van der Waals surface area contributed by atoms with Gasteiger partial charge in [0.15, 0.2) is 0 Å². The predicted octanol–water partition coefficient (Wildman–Crippen LogP) is 2.46. The Morgan fingerprint density at radius 2 is 2.25 bits per heavy atom. The van der Waals surface area contributed by atoms with E-state index in [4.69, 9.17) is 16.7 Å². The second kappa shape index (κ2) is 6.62. The van der Waals surface area contributed by atoms with Crippen molar-refractivity contribution in [2.75, 3.05) is 24.4 Å². The summed E-state index contributed by atoms with van der Waals surface area (Å²) in [6.45, 7) is 0.833. The van der Waals surface area contributed by atoms with E-state index in [1.807, 2.05) is 0 Å². The molecule has 1 fully saturated rings. The normalized spacial score (nSPS) is 20.9. The minimum atomic E-state index is -3.60. The number of nitrogens with zero attached hydrogens (tertiary/aromatic N) is 1. The summed E-state index contributed by atoms with van der Waals surface area (Å²) in [6, 6.07) is 4.85. The van der Waals surface area contributed by atoms with Crippen molar-refractivity contribution in [1.29, 1.82) is 0 Å². The van der Waals surface area contributed by atoms with Crippen LogP contribution in [-0.2, 0) is 10.2 Å². The van der Waals surface area contributed by atoms with E-state index in [1.54, 1.807) is 18.2 Å². The van der Waals surface area contributed by atoms with Crippen LogP contribution in [0.25, 0.3) is 0 Å². The van der Waals surface area contributed by atoms with Crippen molar-refractivity contribution in [2.24, 2.45) is 5.92 Å². The summed E-state index contributed by atoms with van der Waals surface area (Å²) in [5.41, 5.74) is 0.451. The molecule has 0 bridgehead atoms. The maximum absolute atomic E-state index is 12.3. The molecular weight excluding hydrogens is 368 g/mol. The third kappa shape index (κ3) is 3.85. The minimum absolute atomic E-state index is 0.0114. The Labute approximate surface area is 132 Å². The lowest BCUT2D eigenvalue weighted by atomic mass is 10.0. The van der Waals surface area contributed by atoms with E-state index >= 15 is 0 Å². The first-order chi connectivity index (χ1) is 9.42. The summed E-state index contributed by atoms with van der Waals surface area (Å²) in [4.78, 5) is 0. The van der Waals surface area contributed by atoms with Gasteiger partial charge in [-0.15, -0.1) is 0 Å². The van der Waals surface area contributed by atoms with Crippen LogP contribution in [0.2, 0.25) is 5.02 Å². The molecule has 1 aliphatic rings. The van der Waals surface area contributed by atoms with Crippen LogP contribution in [0.3, 0.4) is 0 Å². The van der Waals surface area contributed by atoms with Crippen molar-refractivity contribution in [1.82, 2.24) is 4.31 Å². The van der Waals surface area contributed by atoms with Gasteiger partial charge in [0, 0.05) is 24.2 Å². The largest absolute Gasteiger partial charge is 0.396 e. The molecule has 0 aliphatic carbocycles. The number of benzene rings is 1. The number of rotatable bonds is 4. The topological polar surface area (TPSA) is 69.6 Å². The third-order valence-corrected chi connectivity index (χ3v) is 5.97. The lowest BCUT2D eigenvalue weighted by Gasteiger charge is -2.31. The van der Waals surface area contributed by atoms with E-state index in [9.17, 15) is 8.42 Å². The fourth-order valence-electron chi connectivity index (χ4n) is 2.17. The highest BCUT2D eigenvalue weighted by Crippen LogP contribution is 2.27. The molecule has 1 atom stereocenters. The molecule has 1 aliphatic heterocycles. The van der Waals surface area contributed by atoms with Gasteiger partial charge in [-0.05, 0) is 52.9 Å². The van der Waals surface area contributed by atoms with Crippen molar-refractivity contribution in [2.45, 2.75) is 12.8 Å². The van der Waals surface area contributed by atoms with Gasteiger partial charge in [0.1, 0.15) is 0 Å². The molecular formula is C12H16BrClN2O3S. The molecule has 1 unspecified atom stereocenters. The molecule has 8 heteroatoms. The first-order valence-corrected chi connectivity index (χ1v) is 8.87. The van der Waals surface area contributed by atoms with Crippen LogP contribution in [0, 0.1) is 5.92 Å². The molecule has 0 spiro atoms. The number of nitrogens with one attached hydrogen (secondary N) is 1. The van der Waals surface area contributed by atoms with Crippen molar-refractivity contribution < 1.29 is 13.5 Å². The molecule has 1 saturated heterocycles. The molecule has 2 N–H and O–H groups in total. The zero-order chi connectivity index (χ0) is 14.8. The van der Waals surface area contributed by atoms with Gasteiger partial charge in [-0.3, -0.25) is 4.72 Å². The highest BCUT2D eigenvalue weighted by atomic mass is 79.9. The number of anilines is 1. The van der Waals surface area contributed by atoms with Crippen molar-refractivity contribution in [3.05, 3.63) is 27.7 Å². The number of aliphatic hydroxyl groups is 1. The highest BCUT2D eigenvalue weighted by Gasteiger charge is 2.28. The van der Waals surface area contributed by atoms with Gasteiger partial charge < -0.3 is 5.11 Å². The van der Waals surface area contributed by atoms with Crippen molar-refractivity contribution in [3.8, 4) is 0 Å². The fraction of sp³-hybridized carbons (Fsp3) is 0.500. The van der Waals surface area contributed by atoms with Gasteiger partial charge in [0.25, 0.3) is 0 Å². The van der Waals surface area contributed by atoms with Gasteiger partial charge in [0.2, 0.25) is 0 Å². The highest BCUT2D eigenvalue weighted by molar-refractivity contribution is 9.10. The lowest BCUT2D eigenvalue weighted by Crippen LogP contribution is -2.43. The summed E-state index contributed by atoms with van der Waals surface area (Å²) in [6.07, 6.45) is 1.62. The van der Waals surface area contributed by atoms with E-state index in [1.165, 1.54) is 4.31 Å². The first kappa shape index (κ1) is 16.0.